The third kappa shape index (κ3) is 3.76. The summed E-state index contributed by atoms with van der Waals surface area (Å²) in [7, 11) is 3.92. The normalized spacial score (nSPS) is 17.0. The summed E-state index contributed by atoms with van der Waals surface area (Å²) in [5, 5.41) is 3.01. The molecule has 2 heterocycles. The van der Waals surface area contributed by atoms with Gasteiger partial charge in [0.15, 0.2) is 5.78 Å². The van der Waals surface area contributed by atoms with Crippen molar-refractivity contribution in [2.24, 2.45) is 0 Å². The Morgan fingerprint density at radius 1 is 1.46 bits per heavy atom. The summed E-state index contributed by atoms with van der Waals surface area (Å²) in [5.41, 5.74) is 2.46. The van der Waals surface area contributed by atoms with Crippen LogP contribution in [0.3, 0.4) is 0 Å². The Hall–Kier alpha value is -1.92. The van der Waals surface area contributed by atoms with Gasteiger partial charge in [0.2, 0.25) is 0 Å². The summed E-state index contributed by atoms with van der Waals surface area (Å²) >= 11 is 1.61. The Bertz CT molecular complexity index is 721. The fourth-order valence-electron chi connectivity index (χ4n) is 2.66. The lowest BCUT2D eigenvalue weighted by molar-refractivity contribution is 0.101. The third-order valence-corrected chi connectivity index (χ3v) is 5.00. The average molecular weight is 346 g/mol. The van der Waals surface area contributed by atoms with Crippen molar-refractivity contribution >= 4 is 22.8 Å². The zero-order chi connectivity index (χ0) is 17.1. The van der Waals surface area contributed by atoms with E-state index in [1.807, 2.05) is 42.6 Å². The van der Waals surface area contributed by atoms with Crippen molar-refractivity contribution < 1.29 is 14.3 Å². The maximum atomic E-state index is 11.8. The Morgan fingerprint density at radius 2 is 2.29 bits per heavy atom. The summed E-state index contributed by atoms with van der Waals surface area (Å²) in [6, 6.07) is 5.62. The first-order valence-electron chi connectivity index (χ1n) is 8.05. The molecule has 3 rings (SSSR count). The molecule has 1 saturated heterocycles. The molecule has 24 heavy (non-hydrogen) atoms. The van der Waals surface area contributed by atoms with Crippen LogP contribution in [0, 0.1) is 0 Å². The number of rotatable bonds is 6. The van der Waals surface area contributed by atoms with Crippen LogP contribution in [-0.4, -0.2) is 31.5 Å². The van der Waals surface area contributed by atoms with Crippen molar-refractivity contribution in [3.63, 3.8) is 0 Å². The smallest absolute Gasteiger partial charge is 0.163 e. The molecule has 1 aromatic heterocycles. The second-order valence-electron chi connectivity index (χ2n) is 6.10. The highest BCUT2D eigenvalue weighted by molar-refractivity contribution is 7.09. The zero-order valence-electron chi connectivity index (χ0n) is 14.2. The molecule has 1 aliphatic heterocycles. The molecule has 1 fully saturated rings. The van der Waals surface area contributed by atoms with Crippen molar-refractivity contribution in [3.05, 3.63) is 39.8 Å². The number of carbonyl (C=O) groups excluding carboxylic acids is 1. The zero-order valence-corrected chi connectivity index (χ0v) is 15.1. The minimum Gasteiger partial charge on any atom is -0.486 e. The Kier molecular flexibility index (Phi) is 5.16. The molecule has 1 aromatic carbocycles. The van der Waals surface area contributed by atoms with Crippen molar-refractivity contribution in [1.82, 2.24) is 4.98 Å². The number of hydrogen-bond donors (Lipinski definition) is 0. The molecule has 0 unspecified atom stereocenters. The summed E-state index contributed by atoms with van der Waals surface area (Å²) in [6.45, 7) is 2.71. The number of anilines is 1. The van der Waals surface area contributed by atoms with Crippen LogP contribution in [0.4, 0.5) is 5.69 Å². The number of hydrogen-bond acceptors (Lipinski definition) is 6. The maximum absolute atomic E-state index is 11.8. The summed E-state index contributed by atoms with van der Waals surface area (Å²) in [4.78, 5) is 18.4. The molecule has 0 amide bonds. The molecular formula is C18H22N2O3S. The van der Waals surface area contributed by atoms with Gasteiger partial charge in [-0.3, -0.25) is 4.79 Å². The topological polar surface area (TPSA) is 51.7 Å². The molecule has 1 aliphatic rings. The van der Waals surface area contributed by atoms with Crippen LogP contribution in [0.5, 0.6) is 5.75 Å². The molecule has 1 atom stereocenters. The number of aromatic nitrogens is 1. The number of Topliss-reactive ketones (excluding diaryl/α,β-unsaturated/α-hetero) is 1. The molecule has 0 saturated carbocycles. The maximum Gasteiger partial charge on any atom is 0.163 e. The van der Waals surface area contributed by atoms with Gasteiger partial charge in [-0.1, -0.05) is 0 Å². The lowest BCUT2D eigenvalue weighted by Crippen LogP contribution is -2.10. The quantitative estimate of drug-likeness (QED) is 0.744. The van der Waals surface area contributed by atoms with Crippen LogP contribution in [0.2, 0.25) is 0 Å². The van der Waals surface area contributed by atoms with E-state index < -0.39 is 0 Å². The molecule has 2 aromatic rings. The second-order valence-corrected chi connectivity index (χ2v) is 6.99. The Balaban J connectivity index is 1.73. The van der Waals surface area contributed by atoms with Crippen molar-refractivity contribution in [1.29, 1.82) is 0 Å². The second kappa shape index (κ2) is 7.32. The van der Waals surface area contributed by atoms with Crippen LogP contribution >= 0.6 is 11.3 Å². The molecule has 128 valence electrons. The fraction of sp³-hybridized carbons (Fsp3) is 0.444. The van der Waals surface area contributed by atoms with Crippen LogP contribution in [0.15, 0.2) is 23.6 Å². The number of ketones is 1. The highest BCUT2D eigenvalue weighted by Crippen LogP contribution is 2.31. The van der Waals surface area contributed by atoms with E-state index in [1.54, 1.807) is 18.3 Å². The molecule has 0 bridgehead atoms. The molecule has 0 N–H and O–H groups in total. The average Bonchev–Trinajstić information content (AvgIpc) is 3.23. The van der Waals surface area contributed by atoms with Crippen molar-refractivity contribution in [2.75, 3.05) is 25.6 Å². The Morgan fingerprint density at radius 3 is 2.96 bits per heavy atom. The minimum absolute atomic E-state index is 0.00590. The van der Waals surface area contributed by atoms with E-state index in [-0.39, 0.29) is 11.9 Å². The van der Waals surface area contributed by atoms with Gasteiger partial charge in [-0.2, -0.15) is 0 Å². The first-order chi connectivity index (χ1) is 11.5. The van der Waals surface area contributed by atoms with E-state index in [0.717, 1.165) is 35.8 Å². The predicted octanol–water partition coefficient (Wildman–Crippen LogP) is 3.84. The number of nitrogens with zero attached hydrogens (tertiary/aromatic N) is 2. The number of benzene rings is 1. The van der Waals surface area contributed by atoms with Gasteiger partial charge in [-0.05, 0) is 31.9 Å². The SMILES string of the molecule is CC(=O)c1ccc(N(C)C)cc1OCc1csc([C@@H]2CCCO2)n1. The van der Waals surface area contributed by atoms with Crippen LogP contribution in [0.25, 0.3) is 0 Å². The lowest BCUT2D eigenvalue weighted by atomic mass is 10.1. The summed E-state index contributed by atoms with van der Waals surface area (Å²) in [6.07, 6.45) is 2.26. The molecule has 5 nitrogen and oxygen atoms in total. The van der Waals surface area contributed by atoms with Crippen molar-refractivity contribution in [2.45, 2.75) is 32.5 Å². The van der Waals surface area contributed by atoms with Crippen LogP contribution in [-0.2, 0) is 11.3 Å². The first kappa shape index (κ1) is 16.9. The highest BCUT2D eigenvalue weighted by atomic mass is 32.1. The van der Waals surface area contributed by atoms with Gasteiger partial charge < -0.3 is 14.4 Å². The van der Waals surface area contributed by atoms with Gasteiger partial charge in [-0.25, -0.2) is 4.98 Å². The predicted molar refractivity (Wildman–Crippen MR) is 95.1 cm³/mol. The summed E-state index contributed by atoms with van der Waals surface area (Å²) in [5.74, 6) is 0.592. The molecule has 0 aliphatic carbocycles. The number of carbonyl (C=O) groups is 1. The van der Waals surface area contributed by atoms with E-state index >= 15 is 0 Å². The standard InChI is InChI=1S/C18H22N2O3S/c1-12(21)15-7-6-14(20(2)3)9-17(15)23-10-13-11-24-18(19-13)16-5-4-8-22-16/h6-7,9,11,16H,4-5,8,10H2,1-3H3/t16-/m0/s1. The van der Waals surface area contributed by atoms with E-state index in [2.05, 4.69) is 4.98 Å². The molecular weight excluding hydrogens is 324 g/mol. The number of thiazole rings is 1. The first-order valence-corrected chi connectivity index (χ1v) is 8.93. The van der Waals surface area contributed by atoms with Crippen LogP contribution in [0.1, 0.15) is 46.9 Å². The Labute approximate surface area is 146 Å². The highest BCUT2D eigenvalue weighted by Gasteiger charge is 2.21. The van der Waals surface area contributed by atoms with Gasteiger partial charge in [0.05, 0.1) is 11.3 Å². The van der Waals surface area contributed by atoms with Gasteiger partial charge in [-0.15, -0.1) is 11.3 Å². The minimum atomic E-state index is -0.00590. The van der Waals surface area contributed by atoms with Crippen LogP contribution < -0.4 is 9.64 Å². The molecule has 0 radical (unpaired) electrons. The summed E-state index contributed by atoms with van der Waals surface area (Å²) < 4.78 is 11.6. The van der Waals surface area contributed by atoms with E-state index in [1.165, 1.54) is 0 Å². The van der Waals surface area contributed by atoms with E-state index in [4.69, 9.17) is 9.47 Å². The monoisotopic (exact) mass is 346 g/mol. The van der Waals surface area contributed by atoms with Gasteiger partial charge >= 0.3 is 0 Å². The van der Waals surface area contributed by atoms with Gasteiger partial charge in [0, 0.05) is 37.8 Å². The van der Waals surface area contributed by atoms with Gasteiger partial charge in [0.1, 0.15) is 23.5 Å². The van der Waals surface area contributed by atoms with E-state index in [0.29, 0.717) is 17.9 Å². The largest absolute Gasteiger partial charge is 0.486 e. The van der Waals surface area contributed by atoms with E-state index in [9.17, 15) is 4.79 Å². The fourth-order valence-corrected chi connectivity index (χ4v) is 3.55. The lowest BCUT2D eigenvalue weighted by Gasteiger charge is -2.16. The number of ether oxygens (including phenoxy) is 2. The van der Waals surface area contributed by atoms with Crippen molar-refractivity contribution in [3.8, 4) is 5.75 Å². The molecule has 0 spiro atoms. The third-order valence-electron chi connectivity index (χ3n) is 4.01. The molecule has 6 heteroatoms. The van der Waals surface area contributed by atoms with Gasteiger partial charge in [0.25, 0.3) is 0 Å².